The van der Waals surface area contributed by atoms with E-state index in [9.17, 15) is 9.90 Å². The maximum absolute atomic E-state index is 10.3. The monoisotopic (exact) mass is 280 g/mol. The number of aliphatic hydroxyl groups excluding tert-OH is 1. The molecule has 0 aliphatic carbocycles. The summed E-state index contributed by atoms with van der Waals surface area (Å²) in [5.74, 6) is -1.03. The van der Waals surface area contributed by atoms with Crippen LogP contribution in [0, 0.1) is 0 Å². The molecular formula is C8H9BrO4S. The molecule has 1 aromatic heterocycles. The third kappa shape index (κ3) is 2.70. The minimum absolute atomic E-state index is 0.296. The van der Waals surface area contributed by atoms with E-state index in [1.807, 2.05) is 0 Å². The van der Waals surface area contributed by atoms with E-state index >= 15 is 0 Å². The Labute approximate surface area is 93.3 Å². The normalized spacial score (nSPS) is 12.5. The summed E-state index contributed by atoms with van der Waals surface area (Å²) < 4.78 is 5.72. The molecule has 0 aliphatic heterocycles. The Bertz CT molecular complexity index is 336. The van der Waals surface area contributed by atoms with Crippen molar-refractivity contribution in [3.05, 3.63) is 15.4 Å². The van der Waals surface area contributed by atoms with Gasteiger partial charge in [-0.05, 0) is 22.0 Å². The van der Waals surface area contributed by atoms with Crippen molar-refractivity contribution in [2.45, 2.75) is 12.5 Å². The van der Waals surface area contributed by atoms with Crippen LogP contribution in [0.4, 0.5) is 0 Å². The molecule has 0 spiro atoms. The number of aliphatic carboxylic acids is 1. The Morgan fingerprint density at radius 2 is 2.43 bits per heavy atom. The van der Waals surface area contributed by atoms with E-state index in [1.54, 1.807) is 6.07 Å². The first-order valence-electron chi connectivity index (χ1n) is 3.77. The van der Waals surface area contributed by atoms with E-state index in [2.05, 4.69) is 15.9 Å². The number of halogens is 1. The third-order valence-corrected chi connectivity index (χ3v) is 3.61. The van der Waals surface area contributed by atoms with Crippen LogP contribution in [-0.4, -0.2) is 23.3 Å². The van der Waals surface area contributed by atoms with Crippen molar-refractivity contribution < 1.29 is 19.7 Å². The predicted molar refractivity (Wildman–Crippen MR) is 55.8 cm³/mol. The summed E-state index contributed by atoms with van der Waals surface area (Å²) in [6.07, 6.45) is -1.27. The number of methoxy groups -OCH3 is 1. The fraction of sp³-hybridized carbons (Fsp3) is 0.375. The van der Waals surface area contributed by atoms with Gasteiger partial charge in [-0.25, -0.2) is 0 Å². The van der Waals surface area contributed by atoms with Gasteiger partial charge in [0.25, 0.3) is 0 Å². The van der Waals surface area contributed by atoms with Gasteiger partial charge in [0.05, 0.1) is 24.1 Å². The number of hydrogen-bond acceptors (Lipinski definition) is 4. The summed E-state index contributed by atoms with van der Waals surface area (Å²) in [6, 6.07) is 1.66. The van der Waals surface area contributed by atoms with Gasteiger partial charge >= 0.3 is 5.97 Å². The van der Waals surface area contributed by atoms with Crippen molar-refractivity contribution in [2.24, 2.45) is 0 Å². The highest BCUT2D eigenvalue weighted by molar-refractivity contribution is 9.10. The summed E-state index contributed by atoms with van der Waals surface area (Å²) in [5, 5.41) is 18.6. The quantitative estimate of drug-likeness (QED) is 0.886. The molecule has 0 radical (unpaired) electrons. The standard InChI is InChI=1S/C8H9BrO4S/c1-13-8-4(9)2-6(14-8)5(10)3-7(11)12/h2,5,10H,3H2,1H3,(H,11,12). The highest BCUT2D eigenvalue weighted by Gasteiger charge is 2.17. The summed E-state index contributed by atoms with van der Waals surface area (Å²) in [4.78, 5) is 10.9. The second-order valence-electron chi connectivity index (χ2n) is 2.60. The topological polar surface area (TPSA) is 66.8 Å². The van der Waals surface area contributed by atoms with Crippen LogP contribution in [0.5, 0.6) is 5.06 Å². The third-order valence-electron chi connectivity index (χ3n) is 1.56. The molecule has 14 heavy (non-hydrogen) atoms. The second kappa shape index (κ2) is 4.77. The molecule has 4 nitrogen and oxygen atoms in total. The summed E-state index contributed by atoms with van der Waals surface area (Å²) >= 11 is 4.47. The van der Waals surface area contributed by atoms with E-state index in [0.29, 0.717) is 9.94 Å². The predicted octanol–water partition coefficient (Wildman–Crippen LogP) is 2.03. The molecule has 1 atom stereocenters. The van der Waals surface area contributed by atoms with Gasteiger partial charge in [-0.1, -0.05) is 0 Å². The van der Waals surface area contributed by atoms with E-state index in [0.717, 1.165) is 4.47 Å². The molecular weight excluding hydrogens is 272 g/mol. The number of ether oxygens (including phenoxy) is 1. The maximum atomic E-state index is 10.3. The molecule has 0 amide bonds. The Balaban J connectivity index is 2.80. The van der Waals surface area contributed by atoms with Gasteiger partial charge in [0.1, 0.15) is 0 Å². The fourth-order valence-electron chi connectivity index (χ4n) is 0.938. The Morgan fingerprint density at radius 1 is 1.79 bits per heavy atom. The van der Waals surface area contributed by atoms with Crippen LogP contribution in [-0.2, 0) is 4.79 Å². The number of carboxylic acids is 1. The molecule has 0 aromatic carbocycles. The molecule has 0 aliphatic rings. The van der Waals surface area contributed by atoms with Crippen molar-refractivity contribution in [3.63, 3.8) is 0 Å². The number of carbonyl (C=O) groups is 1. The number of hydrogen-bond donors (Lipinski definition) is 2. The van der Waals surface area contributed by atoms with Crippen LogP contribution in [0.1, 0.15) is 17.4 Å². The molecule has 0 fully saturated rings. The SMILES string of the molecule is COc1sc(C(O)CC(=O)O)cc1Br. The van der Waals surface area contributed by atoms with Gasteiger partial charge in [0, 0.05) is 4.88 Å². The molecule has 1 heterocycles. The number of aliphatic hydroxyl groups is 1. The van der Waals surface area contributed by atoms with Crippen LogP contribution >= 0.6 is 27.3 Å². The van der Waals surface area contributed by atoms with Crippen LogP contribution in [0.3, 0.4) is 0 Å². The Morgan fingerprint density at radius 3 is 2.86 bits per heavy atom. The Hall–Kier alpha value is -0.590. The molecule has 0 bridgehead atoms. The van der Waals surface area contributed by atoms with E-state index in [4.69, 9.17) is 9.84 Å². The molecule has 1 unspecified atom stereocenters. The van der Waals surface area contributed by atoms with Gasteiger partial charge in [-0.2, -0.15) is 0 Å². The van der Waals surface area contributed by atoms with Gasteiger partial charge in [0.2, 0.25) is 0 Å². The maximum Gasteiger partial charge on any atom is 0.306 e. The number of carboxylic acid groups (broad SMARTS) is 1. The smallest absolute Gasteiger partial charge is 0.306 e. The van der Waals surface area contributed by atoms with Crippen LogP contribution < -0.4 is 4.74 Å². The first-order chi connectivity index (χ1) is 6.54. The molecule has 2 N–H and O–H groups in total. The van der Waals surface area contributed by atoms with Crippen LogP contribution in [0.15, 0.2) is 10.5 Å². The van der Waals surface area contributed by atoms with Gasteiger partial charge in [0.15, 0.2) is 5.06 Å². The summed E-state index contributed by atoms with van der Waals surface area (Å²) in [6.45, 7) is 0. The molecule has 78 valence electrons. The minimum atomic E-state index is -1.03. The lowest BCUT2D eigenvalue weighted by molar-refractivity contribution is -0.139. The lowest BCUT2D eigenvalue weighted by atomic mass is 10.2. The average molecular weight is 281 g/mol. The Kier molecular flexibility index (Phi) is 3.91. The first kappa shape index (κ1) is 11.5. The molecule has 1 aromatic rings. The van der Waals surface area contributed by atoms with Crippen molar-refractivity contribution in [2.75, 3.05) is 7.11 Å². The first-order valence-corrected chi connectivity index (χ1v) is 5.38. The highest BCUT2D eigenvalue weighted by Crippen LogP contribution is 2.38. The van der Waals surface area contributed by atoms with Gasteiger partial charge in [-0.3, -0.25) is 4.79 Å². The van der Waals surface area contributed by atoms with Crippen molar-refractivity contribution >= 4 is 33.2 Å². The lowest BCUT2D eigenvalue weighted by Crippen LogP contribution is -2.03. The molecule has 1 rings (SSSR count). The molecule has 0 saturated heterocycles. The van der Waals surface area contributed by atoms with E-state index in [-0.39, 0.29) is 6.42 Å². The van der Waals surface area contributed by atoms with Crippen molar-refractivity contribution in [1.82, 2.24) is 0 Å². The zero-order valence-electron chi connectivity index (χ0n) is 7.36. The second-order valence-corrected chi connectivity index (χ2v) is 4.50. The van der Waals surface area contributed by atoms with Crippen molar-refractivity contribution in [1.29, 1.82) is 0 Å². The number of rotatable bonds is 4. The average Bonchev–Trinajstić information content (AvgIpc) is 2.45. The minimum Gasteiger partial charge on any atom is -0.486 e. The van der Waals surface area contributed by atoms with Crippen LogP contribution in [0.25, 0.3) is 0 Å². The number of thiophene rings is 1. The van der Waals surface area contributed by atoms with Gasteiger partial charge < -0.3 is 14.9 Å². The van der Waals surface area contributed by atoms with Gasteiger partial charge in [-0.15, -0.1) is 11.3 Å². The zero-order chi connectivity index (χ0) is 10.7. The van der Waals surface area contributed by atoms with Crippen LogP contribution in [0.2, 0.25) is 0 Å². The molecule has 6 heteroatoms. The largest absolute Gasteiger partial charge is 0.486 e. The van der Waals surface area contributed by atoms with E-state index in [1.165, 1.54) is 18.4 Å². The zero-order valence-corrected chi connectivity index (χ0v) is 9.76. The molecule has 0 saturated carbocycles. The lowest BCUT2D eigenvalue weighted by Gasteiger charge is -2.03. The summed E-state index contributed by atoms with van der Waals surface area (Å²) in [5.41, 5.74) is 0. The summed E-state index contributed by atoms with van der Waals surface area (Å²) in [7, 11) is 1.52. The highest BCUT2D eigenvalue weighted by atomic mass is 79.9. The van der Waals surface area contributed by atoms with Crippen molar-refractivity contribution in [3.8, 4) is 5.06 Å². The fourth-order valence-corrected chi connectivity index (χ4v) is 2.59. The van der Waals surface area contributed by atoms with E-state index < -0.39 is 12.1 Å².